The molecule has 3 aromatic rings. The van der Waals surface area contributed by atoms with E-state index in [1.54, 1.807) is 12.1 Å². The van der Waals surface area contributed by atoms with Gasteiger partial charge in [-0.05, 0) is 42.3 Å². The van der Waals surface area contributed by atoms with Crippen molar-refractivity contribution in [2.45, 2.75) is 13.5 Å². The highest BCUT2D eigenvalue weighted by molar-refractivity contribution is 6.31. The van der Waals surface area contributed by atoms with Gasteiger partial charge in [0, 0.05) is 28.7 Å². The summed E-state index contributed by atoms with van der Waals surface area (Å²) < 4.78 is 2.01. The van der Waals surface area contributed by atoms with Gasteiger partial charge in [-0.2, -0.15) is 0 Å². The number of carbonyl (C=O) groups is 1. The summed E-state index contributed by atoms with van der Waals surface area (Å²) >= 11 is 6.27. The van der Waals surface area contributed by atoms with Crippen molar-refractivity contribution >= 4 is 28.5 Å². The van der Waals surface area contributed by atoms with Crippen molar-refractivity contribution in [2.75, 3.05) is 0 Å². The highest BCUT2D eigenvalue weighted by Gasteiger charge is 2.11. The lowest BCUT2D eigenvalue weighted by atomic mass is 10.1. The molecular weight excluding hydrogens is 286 g/mol. The predicted octanol–water partition coefficient (Wildman–Crippen LogP) is 4.35. The summed E-state index contributed by atoms with van der Waals surface area (Å²) in [6, 6.07) is 13.1. The summed E-state index contributed by atoms with van der Waals surface area (Å²) in [5.41, 5.74) is 3.35. The van der Waals surface area contributed by atoms with E-state index in [-0.39, 0.29) is 0 Å². The number of rotatable bonds is 3. The Morgan fingerprint density at radius 1 is 1.24 bits per heavy atom. The number of aromatic nitrogens is 1. The van der Waals surface area contributed by atoms with Gasteiger partial charge in [0.1, 0.15) is 0 Å². The Labute approximate surface area is 127 Å². The molecule has 0 aliphatic carbocycles. The molecule has 2 aromatic carbocycles. The van der Waals surface area contributed by atoms with Crippen molar-refractivity contribution in [1.82, 2.24) is 4.57 Å². The largest absolute Gasteiger partial charge is 0.478 e. The third kappa shape index (κ3) is 2.52. The van der Waals surface area contributed by atoms with Crippen LogP contribution in [0.1, 0.15) is 21.5 Å². The quantitative estimate of drug-likeness (QED) is 0.781. The molecule has 3 rings (SSSR count). The van der Waals surface area contributed by atoms with Crippen LogP contribution in [0.25, 0.3) is 10.9 Å². The van der Waals surface area contributed by atoms with E-state index in [1.165, 1.54) is 0 Å². The van der Waals surface area contributed by atoms with Gasteiger partial charge in [-0.15, -0.1) is 0 Å². The maximum atomic E-state index is 11.2. The summed E-state index contributed by atoms with van der Waals surface area (Å²) in [4.78, 5) is 11.2. The van der Waals surface area contributed by atoms with Gasteiger partial charge in [-0.3, -0.25) is 0 Å². The number of aromatic carboxylic acids is 1. The molecule has 0 atom stereocenters. The lowest BCUT2D eigenvalue weighted by Gasteiger charge is -2.09. The van der Waals surface area contributed by atoms with Crippen molar-refractivity contribution in [3.05, 3.63) is 70.4 Å². The molecule has 0 amide bonds. The van der Waals surface area contributed by atoms with Crippen LogP contribution in [-0.2, 0) is 6.54 Å². The van der Waals surface area contributed by atoms with Gasteiger partial charge in [0.15, 0.2) is 0 Å². The number of halogens is 1. The van der Waals surface area contributed by atoms with E-state index in [9.17, 15) is 9.90 Å². The Bertz CT molecular complexity index is 836. The van der Waals surface area contributed by atoms with Crippen molar-refractivity contribution in [1.29, 1.82) is 0 Å². The fourth-order valence-corrected chi connectivity index (χ4v) is 2.81. The summed E-state index contributed by atoms with van der Waals surface area (Å²) in [6.45, 7) is 2.62. The van der Waals surface area contributed by atoms with Crippen LogP contribution in [0.4, 0.5) is 0 Å². The topological polar surface area (TPSA) is 42.2 Å². The summed E-state index contributed by atoms with van der Waals surface area (Å²) in [6.07, 6.45) is 1.90. The van der Waals surface area contributed by atoms with Crippen LogP contribution in [0.2, 0.25) is 5.02 Å². The second-order valence-electron chi connectivity index (χ2n) is 5.08. The van der Waals surface area contributed by atoms with Crippen molar-refractivity contribution < 1.29 is 9.90 Å². The zero-order valence-electron chi connectivity index (χ0n) is 11.5. The van der Waals surface area contributed by atoms with Crippen LogP contribution < -0.4 is 0 Å². The predicted molar refractivity (Wildman–Crippen MR) is 84.2 cm³/mol. The molecule has 0 radical (unpaired) electrons. The minimum Gasteiger partial charge on any atom is -0.478 e. The van der Waals surface area contributed by atoms with Gasteiger partial charge in [0.2, 0.25) is 0 Å². The average molecular weight is 300 g/mol. The Kier molecular flexibility index (Phi) is 3.43. The third-order valence-electron chi connectivity index (χ3n) is 3.59. The van der Waals surface area contributed by atoms with Gasteiger partial charge in [0.25, 0.3) is 0 Å². The molecule has 0 spiro atoms. The summed E-state index contributed by atoms with van der Waals surface area (Å²) in [7, 11) is 0. The number of fused-ring (bicyclic) bond motifs is 1. The molecule has 1 heterocycles. The van der Waals surface area contributed by atoms with Crippen molar-refractivity contribution in [3.63, 3.8) is 0 Å². The van der Waals surface area contributed by atoms with Gasteiger partial charge < -0.3 is 9.67 Å². The molecule has 1 N–H and O–H groups in total. The van der Waals surface area contributed by atoms with Crippen LogP contribution >= 0.6 is 11.6 Å². The minimum absolute atomic E-state index is 0.321. The normalized spacial score (nSPS) is 11.0. The van der Waals surface area contributed by atoms with E-state index < -0.39 is 5.97 Å². The Hall–Kier alpha value is -2.26. The number of carboxylic acids is 1. The fourth-order valence-electron chi connectivity index (χ4n) is 2.51. The van der Waals surface area contributed by atoms with Crippen LogP contribution in [-0.4, -0.2) is 15.6 Å². The molecule has 0 unspecified atom stereocenters. The van der Waals surface area contributed by atoms with Crippen molar-refractivity contribution in [3.8, 4) is 0 Å². The van der Waals surface area contributed by atoms with Gasteiger partial charge in [-0.1, -0.05) is 29.8 Å². The summed E-state index contributed by atoms with van der Waals surface area (Å²) in [5.74, 6) is -0.910. The van der Waals surface area contributed by atoms with E-state index >= 15 is 0 Å². The van der Waals surface area contributed by atoms with E-state index in [4.69, 9.17) is 11.6 Å². The molecule has 3 nitrogen and oxygen atoms in total. The lowest BCUT2D eigenvalue weighted by Crippen LogP contribution is -2.00. The zero-order valence-corrected chi connectivity index (χ0v) is 12.3. The molecule has 1 aromatic heterocycles. The molecule has 106 valence electrons. The first kappa shape index (κ1) is 13.7. The van der Waals surface area contributed by atoms with Crippen molar-refractivity contribution in [2.24, 2.45) is 0 Å². The van der Waals surface area contributed by atoms with E-state index in [0.717, 1.165) is 27.1 Å². The standard InChI is InChI=1S/C17H14ClNO2/c1-11-5-6-12(15(18)9-11)10-19-8-7-13-14(17(20)21)3-2-4-16(13)19/h2-9H,10H2,1H3,(H,20,21). The van der Waals surface area contributed by atoms with Crippen LogP contribution in [0.3, 0.4) is 0 Å². The first-order valence-electron chi connectivity index (χ1n) is 6.62. The maximum absolute atomic E-state index is 11.2. The van der Waals surface area contributed by atoms with E-state index in [1.807, 2.05) is 48.0 Å². The smallest absolute Gasteiger partial charge is 0.336 e. The van der Waals surface area contributed by atoms with Crippen LogP contribution in [0.15, 0.2) is 48.7 Å². The Morgan fingerprint density at radius 3 is 2.76 bits per heavy atom. The minimum atomic E-state index is -0.910. The molecule has 0 bridgehead atoms. The molecule has 21 heavy (non-hydrogen) atoms. The van der Waals surface area contributed by atoms with E-state index in [2.05, 4.69) is 0 Å². The molecule has 0 saturated heterocycles. The second kappa shape index (κ2) is 5.26. The molecule has 0 aliphatic rings. The van der Waals surface area contributed by atoms with Crippen LogP contribution in [0, 0.1) is 6.92 Å². The Morgan fingerprint density at radius 2 is 2.05 bits per heavy atom. The maximum Gasteiger partial charge on any atom is 0.336 e. The number of carboxylic acid groups (broad SMARTS) is 1. The zero-order chi connectivity index (χ0) is 15.0. The fraction of sp³-hybridized carbons (Fsp3) is 0.118. The molecule has 0 saturated carbocycles. The van der Waals surface area contributed by atoms with Crippen LogP contribution in [0.5, 0.6) is 0 Å². The third-order valence-corrected chi connectivity index (χ3v) is 3.95. The number of benzene rings is 2. The molecule has 0 aliphatic heterocycles. The molecular formula is C17H14ClNO2. The first-order chi connectivity index (χ1) is 10.1. The molecule has 0 fully saturated rings. The van der Waals surface area contributed by atoms with Gasteiger partial charge in [0.05, 0.1) is 5.56 Å². The summed E-state index contributed by atoms with van der Waals surface area (Å²) in [5, 5.41) is 10.7. The number of hydrogen-bond donors (Lipinski definition) is 1. The number of hydrogen-bond acceptors (Lipinski definition) is 1. The second-order valence-corrected chi connectivity index (χ2v) is 5.49. The monoisotopic (exact) mass is 299 g/mol. The van der Waals surface area contributed by atoms with Gasteiger partial charge >= 0.3 is 5.97 Å². The molecule has 4 heteroatoms. The first-order valence-corrected chi connectivity index (χ1v) is 7.00. The van der Waals surface area contributed by atoms with E-state index in [0.29, 0.717) is 12.1 Å². The highest BCUT2D eigenvalue weighted by Crippen LogP contribution is 2.24. The van der Waals surface area contributed by atoms with Gasteiger partial charge in [-0.25, -0.2) is 4.79 Å². The lowest BCUT2D eigenvalue weighted by molar-refractivity contribution is 0.0699. The SMILES string of the molecule is Cc1ccc(Cn2ccc3c(C(=O)O)cccc32)c(Cl)c1. The number of aryl methyl sites for hydroxylation is 1. The highest BCUT2D eigenvalue weighted by atomic mass is 35.5. The number of nitrogens with zero attached hydrogens (tertiary/aromatic N) is 1. The average Bonchev–Trinajstić information content (AvgIpc) is 2.85. The Balaban J connectivity index is 2.06.